The molecule has 1 aliphatic rings. The van der Waals surface area contributed by atoms with E-state index >= 15 is 0 Å². The van der Waals surface area contributed by atoms with Crippen LogP contribution in [0.2, 0.25) is 0 Å². The molecule has 0 aromatic carbocycles. The fraction of sp³-hybridized carbons (Fsp3) is 0.857. The standard InChI is InChI=1S/C14H25BrN2O3/c1-10-6-5-7-11(17(10)12(18)8-15)9-16-13(19)20-14(2,3)4/h10-11H,5-9H2,1-4H3,(H,16,19). The maximum Gasteiger partial charge on any atom is 0.407 e. The molecule has 0 aromatic rings. The van der Waals surface area contributed by atoms with Crippen molar-refractivity contribution in [3.8, 4) is 0 Å². The Hall–Kier alpha value is -0.780. The van der Waals surface area contributed by atoms with Crippen molar-refractivity contribution in [3.63, 3.8) is 0 Å². The van der Waals surface area contributed by atoms with Crippen molar-refractivity contribution >= 4 is 27.9 Å². The number of likely N-dealkylation sites (tertiary alicyclic amines) is 1. The zero-order chi connectivity index (χ0) is 15.3. The second-order valence-corrected chi connectivity index (χ2v) is 6.81. The van der Waals surface area contributed by atoms with Crippen molar-refractivity contribution in [1.29, 1.82) is 0 Å². The number of hydrogen-bond donors (Lipinski definition) is 1. The van der Waals surface area contributed by atoms with E-state index in [9.17, 15) is 9.59 Å². The van der Waals surface area contributed by atoms with Gasteiger partial charge in [-0.15, -0.1) is 0 Å². The lowest BCUT2D eigenvalue weighted by atomic mass is 9.96. The van der Waals surface area contributed by atoms with Crippen molar-refractivity contribution in [2.45, 2.75) is 64.6 Å². The van der Waals surface area contributed by atoms with E-state index in [1.54, 1.807) is 0 Å². The summed E-state index contributed by atoms with van der Waals surface area (Å²) >= 11 is 3.22. The van der Waals surface area contributed by atoms with E-state index in [0.29, 0.717) is 11.9 Å². The Balaban J connectivity index is 2.55. The van der Waals surface area contributed by atoms with Crippen LogP contribution >= 0.6 is 15.9 Å². The Bertz CT molecular complexity index is 355. The van der Waals surface area contributed by atoms with Crippen LogP contribution in [0.1, 0.15) is 47.0 Å². The molecule has 1 rings (SSSR count). The molecule has 0 bridgehead atoms. The molecule has 1 saturated heterocycles. The maximum atomic E-state index is 12.0. The number of piperidine rings is 1. The van der Waals surface area contributed by atoms with Crippen molar-refractivity contribution < 1.29 is 14.3 Å². The van der Waals surface area contributed by atoms with Gasteiger partial charge in [0.2, 0.25) is 5.91 Å². The highest BCUT2D eigenvalue weighted by Crippen LogP contribution is 2.23. The maximum absolute atomic E-state index is 12.0. The fourth-order valence-electron chi connectivity index (χ4n) is 2.52. The van der Waals surface area contributed by atoms with Crippen molar-refractivity contribution in [2.24, 2.45) is 0 Å². The summed E-state index contributed by atoms with van der Waals surface area (Å²) in [6, 6.07) is 0.274. The number of hydrogen-bond acceptors (Lipinski definition) is 3. The van der Waals surface area contributed by atoms with Gasteiger partial charge in [0.25, 0.3) is 0 Å². The lowest BCUT2D eigenvalue weighted by molar-refractivity contribution is -0.134. The minimum Gasteiger partial charge on any atom is -0.444 e. The predicted octanol–water partition coefficient (Wildman–Crippen LogP) is 2.68. The summed E-state index contributed by atoms with van der Waals surface area (Å²) in [7, 11) is 0. The van der Waals surface area contributed by atoms with Crippen molar-refractivity contribution in [1.82, 2.24) is 10.2 Å². The summed E-state index contributed by atoms with van der Waals surface area (Å²) in [6.45, 7) is 7.99. The molecule has 5 nitrogen and oxygen atoms in total. The molecule has 20 heavy (non-hydrogen) atoms. The Morgan fingerprint density at radius 1 is 1.35 bits per heavy atom. The highest BCUT2D eigenvalue weighted by Gasteiger charge is 2.31. The van der Waals surface area contributed by atoms with E-state index in [1.165, 1.54) is 0 Å². The van der Waals surface area contributed by atoms with Gasteiger partial charge < -0.3 is 15.0 Å². The van der Waals surface area contributed by atoms with Gasteiger partial charge in [0, 0.05) is 18.6 Å². The van der Waals surface area contributed by atoms with Gasteiger partial charge in [-0.2, -0.15) is 0 Å². The summed E-state index contributed by atoms with van der Waals surface area (Å²) in [4.78, 5) is 25.6. The SMILES string of the molecule is CC1CCCC(CNC(=O)OC(C)(C)C)N1C(=O)CBr. The average molecular weight is 349 g/mol. The van der Waals surface area contributed by atoms with Gasteiger partial charge in [-0.1, -0.05) is 15.9 Å². The minimum atomic E-state index is -0.505. The first kappa shape index (κ1) is 17.3. The fourth-order valence-corrected chi connectivity index (χ4v) is 2.81. The van der Waals surface area contributed by atoms with Crippen LogP contribution in [-0.4, -0.2) is 46.5 Å². The molecule has 1 fully saturated rings. The van der Waals surface area contributed by atoms with Crippen LogP contribution in [0.25, 0.3) is 0 Å². The number of carbonyl (C=O) groups is 2. The molecule has 2 unspecified atom stereocenters. The lowest BCUT2D eigenvalue weighted by Gasteiger charge is -2.40. The number of alkyl carbamates (subject to hydrolysis) is 1. The predicted molar refractivity (Wildman–Crippen MR) is 82.0 cm³/mol. The molecule has 1 aliphatic heterocycles. The van der Waals surface area contributed by atoms with Crippen LogP contribution < -0.4 is 5.32 Å². The van der Waals surface area contributed by atoms with Gasteiger partial charge in [-0.05, 0) is 47.0 Å². The smallest absolute Gasteiger partial charge is 0.407 e. The van der Waals surface area contributed by atoms with Gasteiger partial charge in [0.05, 0.1) is 5.33 Å². The topological polar surface area (TPSA) is 58.6 Å². The summed E-state index contributed by atoms with van der Waals surface area (Å²) in [5.41, 5.74) is -0.505. The minimum absolute atomic E-state index is 0.0521. The number of nitrogens with one attached hydrogen (secondary N) is 1. The molecule has 1 heterocycles. The van der Waals surface area contributed by atoms with Crippen molar-refractivity contribution in [2.75, 3.05) is 11.9 Å². The van der Waals surface area contributed by atoms with Gasteiger partial charge in [0.1, 0.15) is 5.60 Å². The van der Waals surface area contributed by atoms with Gasteiger partial charge in [0.15, 0.2) is 0 Å². The van der Waals surface area contributed by atoms with E-state index < -0.39 is 11.7 Å². The van der Waals surface area contributed by atoms with Gasteiger partial charge in [-0.25, -0.2) is 4.79 Å². The largest absolute Gasteiger partial charge is 0.444 e. The van der Waals surface area contributed by atoms with E-state index in [0.717, 1.165) is 19.3 Å². The molecule has 2 amide bonds. The highest BCUT2D eigenvalue weighted by atomic mass is 79.9. The molecule has 0 radical (unpaired) electrons. The average Bonchev–Trinajstić information content (AvgIpc) is 2.33. The van der Waals surface area contributed by atoms with E-state index in [1.807, 2.05) is 25.7 Å². The third-order valence-corrected chi connectivity index (χ3v) is 3.79. The third kappa shape index (κ3) is 5.31. The normalized spacial score (nSPS) is 23.4. The quantitative estimate of drug-likeness (QED) is 0.797. The van der Waals surface area contributed by atoms with E-state index in [4.69, 9.17) is 4.74 Å². The highest BCUT2D eigenvalue weighted by molar-refractivity contribution is 9.09. The second kappa shape index (κ2) is 7.29. The number of amides is 2. The number of carbonyl (C=O) groups excluding carboxylic acids is 2. The summed E-state index contributed by atoms with van der Waals surface area (Å²) in [5, 5.41) is 3.09. The number of ether oxygens (including phenoxy) is 1. The Morgan fingerprint density at radius 3 is 2.55 bits per heavy atom. The van der Waals surface area contributed by atoms with Crippen molar-refractivity contribution in [3.05, 3.63) is 0 Å². The van der Waals surface area contributed by atoms with Crippen LogP contribution in [0, 0.1) is 0 Å². The molecule has 0 spiro atoms. The van der Waals surface area contributed by atoms with E-state index in [-0.39, 0.29) is 18.0 Å². The molecule has 1 N–H and O–H groups in total. The molecule has 0 aliphatic carbocycles. The Labute approximate surface area is 129 Å². The molecular weight excluding hydrogens is 324 g/mol. The number of alkyl halides is 1. The summed E-state index contributed by atoms with van der Waals surface area (Å²) < 4.78 is 5.21. The molecule has 6 heteroatoms. The monoisotopic (exact) mass is 348 g/mol. The van der Waals surface area contributed by atoms with Gasteiger partial charge >= 0.3 is 6.09 Å². The third-order valence-electron chi connectivity index (χ3n) is 3.31. The van der Waals surface area contributed by atoms with Crippen LogP contribution in [-0.2, 0) is 9.53 Å². The first-order chi connectivity index (χ1) is 9.24. The first-order valence-corrected chi connectivity index (χ1v) is 8.20. The number of nitrogens with zero attached hydrogens (tertiary/aromatic N) is 1. The second-order valence-electron chi connectivity index (χ2n) is 6.25. The first-order valence-electron chi connectivity index (χ1n) is 7.08. The Morgan fingerprint density at radius 2 is 2.00 bits per heavy atom. The lowest BCUT2D eigenvalue weighted by Crippen LogP contribution is -2.53. The van der Waals surface area contributed by atoms with E-state index in [2.05, 4.69) is 28.2 Å². The zero-order valence-electron chi connectivity index (χ0n) is 12.7. The molecule has 0 aromatic heterocycles. The molecule has 2 atom stereocenters. The number of rotatable bonds is 3. The van der Waals surface area contributed by atoms with Gasteiger partial charge in [-0.3, -0.25) is 4.79 Å². The number of halogens is 1. The molecule has 0 saturated carbocycles. The van der Waals surface area contributed by atoms with Crippen LogP contribution in [0.3, 0.4) is 0 Å². The Kier molecular flexibility index (Phi) is 6.30. The zero-order valence-corrected chi connectivity index (χ0v) is 14.3. The van der Waals surface area contributed by atoms with Crippen LogP contribution in [0.15, 0.2) is 0 Å². The summed E-state index contributed by atoms with van der Waals surface area (Å²) in [5.74, 6) is 0.0770. The van der Waals surface area contributed by atoms with Crippen LogP contribution in [0.5, 0.6) is 0 Å². The molecule has 116 valence electrons. The molecular formula is C14H25BrN2O3. The van der Waals surface area contributed by atoms with Crippen LogP contribution in [0.4, 0.5) is 4.79 Å². The summed E-state index contributed by atoms with van der Waals surface area (Å²) in [6.07, 6.45) is 2.58.